The van der Waals surface area contributed by atoms with Crippen LogP contribution in [0.1, 0.15) is 44.6 Å². The van der Waals surface area contributed by atoms with Crippen molar-refractivity contribution >= 4 is 34.3 Å². The maximum atomic E-state index is 12.3. The second-order valence-electron chi connectivity index (χ2n) is 7.35. The Morgan fingerprint density at radius 3 is 3.00 bits per heavy atom. The molecule has 1 aliphatic rings. The van der Waals surface area contributed by atoms with Crippen LogP contribution in [0.4, 0.5) is 0 Å². The van der Waals surface area contributed by atoms with Gasteiger partial charge in [0, 0.05) is 48.2 Å². The highest BCUT2D eigenvalue weighted by Gasteiger charge is 2.33. The molecular weight excluding hydrogens is 362 g/mol. The number of H-pyrrole nitrogens is 1. The molecule has 1 atom stereocenters. The van der Waals surface area contributed by atoms with Crippen molar-refractivity contribution in [2.24, 2.45) is 5.92 Å². The van der Waals surface area contributed by atoms with Crippen LogP contribution in [0, 0.1) is 5.92 Å². The number of carbonyl (C=O) groups is 2. The fourth-order valence-electron chi connectivity index (χ4n) is 3.68. The first-order chi connectivity index (χ1) is 13.1. The Morgan fingerprint density at radius 1 is 1.33 bits per heavy atom. The number of unbranched alkanes of at least 4 members (excludes halogenated alkanes) is 3. The number of likely N-dealkylation sites (tertiary alicyclic amines) is 1. The number of fused-ring (bicyclic) bond motifs is 1. The Labute approximate surface area is 165 Å². The van der Waals surface area contributed by atoms with Crippen molar-refractivity contribution in [3.8, 4) is 0 Å². The standard InChI is InChI=1S/C21H28ClN3O2/c1-2-3-4-5-9-23-21(27)16-11-20(26)25(14-16)10-8-15-13-24-19-7-6-17(22)12-18(15)19/h6-7,12-13,16,24H,2-5,8-11,14H2,1H3,(H,23,27)/t16-/m0/s1. The summed E-state index contributed by atoms with van der Waals surface area (Å²) >= 11 is 6.10. The van der Waals surface area contributed by atoms with Crippen LogP contribution in [0.3, 0.4) is 0 Å². The molecule has 5 nitrogen and oxygen atoms in total. The molecule has 1 aromatic carbocycles. The number of hydrogen-bond donors (Lipinski definition) is 2. The van der Waals surface area contributed by atoms with Crippen LogP contribution in [0.25, 0.3) is 10.9 Å². The Morgan fingerprint density at radius 2 is 2.19 bits per heavy atom. The Hall–Kier alpha value is -2.01. The van der Waals surface area contributed by atoms with Gasteiger partial charge >= 0.3 is 0 Å². The van der Waals surface area contributed by atoms with E-state index in [9.17, 15) is 9.59 Å². The average Bonchev–Trinajstić information content (AvgIpc) is 3.22. The smallest absolute Gasteiger partial charge is 0.225 e. The van der Waals surface area contributed by atoms with Crippen LogP contribution in [0.15, 0.2) is 24.4 Å². The van der Waals surface area contributed by atoms with Gasteiger partial charge < -0.3 is 15.2 Å². The topological polar surface area (TPSA) is 65.2 Å². The molecule has 146 valence electrons. The highest BCUT2D eigenvalue weighted by molar-refractivity contribution is 6.31. The van der Waals surface area contributed by atoms with E-state index >= 15 is 0 Å². The quantitative estimate of drug-likeness (QED) is 0.638. The van der Waals surface area contributed by atoms with E-state index in [1.54, 1.807) is 0 Å². The zero-order valence-electron chi connectivity index (χ0n) is 15.9. The minimum absolute atomic E-state index is 0.0150. The second-order valence-corrected chi connectivity index (χ2v) is 7.78. The lowest BCUT2D eigenvalue weighted by Gasteiger charge is -2.16. The fraction of sp³-hybridized carbons (Fsp3) is 0.524. The molecule has 0 aliphatic carbocycles. The summed E-state index contributed by atoms with van der Waals surface area (Å²) in [7, 11) is 0. The lowest BCUT2D eigenvalue weighted by molar-refractivity contribution is -0.129. The Kier molecular flexibility index (Phi) is 6.78. The zero-order valence-corrected chi connectivity index (χ0v) is 16.6. The third-order valence-corrected chi connectivity index (χ3v) is 5.53. The molecule has 0 bridgehead atoms. The third-order valence-electron chi connectivity index (χ3n) is 5.30. The van der Waals surface area contributed by atoms with Gasteiger partial charge in [-0.25, -0.2) is 0 Å². The maximum absolute atomic E-state index is 12.3. The van der Waals surface area contributed by atoms with Gasteiger partial charge in [-0.1, -0.05) is 37.8 Å². The second kappa shape index (κ2) is 9.27. The van der Waals surface area contributed by atoms with Gasteiger partial charge in [0.2, 0.25) is 11.8 Å². The van der Waals surface area contributed by atoms with Crippen LogP contribution in [-0.4, -0.2) is 41.3 Å². The number of nitrogens with zero attached hydrogens (tertiary/aromatic N) is 1. The lowest BCUT2D eigenvalue weighted by Crippen LogP contribution is -2.34. The molecule has 0 saturated carbocycles. The van der Waals surface area contributed by atoms with E-state index in [-0.39, 0.29) is 17.7 Å². The number of nitrogens with one attached hydrogen (secondary N) is 2. The molecule has 2 heterocycles. The van der Waals surface area contributed by atoms with Crippen LogP contribution < -0.4 is 5.32 Å². The number of aromatic amines is 1. The zero-order chi connectivity index (χ0) is 19.2. The van der Waals surface area contributed by atoms with Crippen LogP contribution in [0.2, 0.25) is 5.02 Å². The molecule has 2 amide bonds. The molecule has 2 N–H and O–H groups in total. The molecule has 0 unspecified atom stereocenters. The number of amides is 2. The number of carbonyl (C=O) groups excluding carboxylic acids is 2. The first kappa shape index (κ1) is 19.7. The predicted molar refractivity (Wildman–Crippen MR) is 109 cm³/mol. The van der Waals surface area contributed by atoms with Gasteiger partial charge in [0.25, 0.3) is 0 Å². The van der Waals surface area contributed by atoms with Gasteiger partial charge in [0.05, 0.1) is 5.92 Å². The summed E-state index contributed by atoms with van der Waals surface area (Å²) in [6.07, 6.45) is 7.57. The van der Waals surface area contributed by atoms with E-state index in [1.165, 1.54) is 12.8 Å². The summed E-state index contributed by atoms with van der Waals surface area (Å²) in [5.74, 6) is -0.138. The number of aromatic nitrogens is 1. The van der Waals surface area contributed by atoms with Crippen molar-refractivity contribution in [1.29, 1.82) is 0 Å². The number of rotatable bonds is 9. The molecule has 0 spiro atoms. The van der Waals surface area contributed by atoms with Crippen molar-refractivity contribution in [1.82, 2.24) is 15.2 Å². The van der Waals surface area contributed by atoms with Gasteiger partial charge in [-0.05, 0) is 36.6 Å². The molecule has 27 heavy (non-hydrogen) atoms. The molecule has 3 rings (SSSR count). The van der Waals surface area contributed by atoms with Crippen molar-refractivity contribution in [3.63, 3.8) is 0 Å². The van der Waals surface area contributed by atoms with Gasteiger partial charge in [0.1, 0.15) is 0 Å². The average molecular weight is 390 g/mol. The van der Waals surface area contributed by atoms with E-state index in [1.807, 2.05) is 29.3 Å². The van der Waals surface area contributed by atoms with E-state index in [0.717, 1.165) is 35.7 Å². The van der Waals surface area contributed by atoms with E-state index in [4.69, 9.17) is 11.6 Å². The van der Waals surface area contributed by atoms with Crippen molar-refractivity contribution in [3.05, 3.63) is 35.0 Å². The Bertz CT molecular complexity index is 802. The van der Waals surface area contributed by atoms with Crippen molar-refractivity contribution < 1.29 is 9.59 Å². The summed E-state index contributed by atoms with van der Waals surface area (Å²) in [5.41, 5.74) is 2.19. The van der Waals surface area contributed by atoms with E-state index in [2.05, 4.69) is 17.2 Å². The molecule has 6 heteroatoms. The summed E-state index contributed by atoms with van der Waals surface area (Å²) in [5, 5.41) is 4.79. The molecule has 1 saturated heterocycles. The fourth-order valence-corrected chi connectivity index (χ4v) is 3.86. The Balaban J connectivity index is 1.49. The molecule has 1 fully saturated rings. The molecule has 1 aromatic heterocycles. The number of benzene rings is 1. The summed E-state index contributed by atoms with van der Waals surface area (Å²) in [4.78, 5) is 29.7. The van der Waals surface area contributed by atoms with E-state index < -0.39 is 0 Å². The van der Waals surface area contributed by atoms with Gasteiger partial charge in [0.15, 0.2) is 0 Å². The monoisotopic (exact) mass is 389 g/mol. The van der Waals surface area contributed by atoms with Crippen molar-refractivity contribution in [2.45, 2.75) is 45.4 Å². The minimum atomic E-state index is -0.221. The normalized spacial score (nSPS) is 17.0. The highest BCUT2D eigenvalue weighted by atomic mass is 35.5. The maximum Gasteiger partial charge on any atom is 0.225 e. The van der Waals surface area contributed by atoms with Crippen LogP contribution in [-0.2, 0) is 16.0 Å². The molecule has 0 radical (unpaired) electrons. The van der Waals surface area contributed by atoms with Crippen LogP contribution in [0.5, 0.6) is 0 Å². The van der Waals surface area contributed by atoms with Gasteiger partial charge in [-0.3, -0.25) is 9.59 Å². The largest absolute Gasteiger partial charge is 0.361 e. The minimum Gasteiger partial charge on any atom is -0.361 e. The highest BCUT2D eigenvalue weighted by Crippen LogP contribution is 2.24. The van der Waals surface area contributed by atoms with Crippen molar-refractivity contribution in [2.75, 3.05) is 19.6 Å². The first-order valence-electron chi connectivity index (χ1n) is 9.89. The molecule has 1 aliphatic heterocycles. The van der Waals surface area contributed by atoms with E-state index in [0.29, 0.717) is 31.1 Å². The molecule has 2 aromatic rings. The lowest BCUT2D eigenvalue weighted by atomic mass is 10.1. The number of hydrogen-bond acceptors (Lipinski definition) is 2. The summed E-state index contributed by atoms with van der Waals surface area (Å²) in [6.45, 7) is 4.02. The molecular formula is C21H28ClN3O2. The third kappa shape index (κ3) is 5.04. The predicted octanol–water partition coefficient (Wildman–Crippen LogP) is 3.91. The van der Waals surface area contributed by atoms with Crippen LogP contribution >= 0.6 is 11.6 Å². The van der Waals surface area contributed by atoms with Gasteiger partial charge in [-0.15, -0.1) is 0 Å². The summed E-state index contributed by atoms with van der Waals surface area (Å²) in [6, 6.07) is 5.77. The number of halogens is 1. The summed E-state index contributed by atoms with van der Waals surface area (Å²) < 4.78 is 0. The first-order valence-corrected chi connectivity index (χ1v) is 10.3. The SMILES string of the molecule is CCCCCCNC(=O)[C@H]1CC(=O)N(CCc2c[nH]c3ccc(Cl)cc23)C1. The van der Waals surface area contributed by atoms with Gasteiger partial charge in [-0.2, -0.15) is 0 Å².